The number of nitrogens with two attached hydrogens (primary N) is 1. The Morgan fingerprint density at radius 3 is 2.30 bits per heavy atom. The van der Waals surface area contributed by atoms with Crippen LogP contribution in [0.25, 0.3) is 22.5 Å². The number of tetrazole rings is 1. The molecule has 2 aromatic heterocycles. The zero-order chi connectivity index (χ0) is 38.5. The molecule has 0 saturated carbocycles. The number of aryl methyl sites for hydroxylation is 2. The number of fused-ring (bicyclic) bond motifs is 1. The van der Waals surface area contributed by atoms with Gasteiger partial charge in [0.1, 0.15) is 15.6 Å². The Kier molecular flexibility index (Phi) is 20.4. The van der Waals surface area contributed by atoms with E-state index in [0.29, 0.717) is 29.3 Å². The first-order chi connectivity index (χ1) is 25.1. The molecule has 5 aromatic rings. The molecule has 0 aliphatic carbocycles. The van der Waals surface area contributed by atoms with Crippen molar-refractivity contribution in [1.29, 1.82) is 0 Å². The number of hydrogen-bond donors (Lipinski definition) is 3. The Hall–Kier alpha value is -3.07. The van der Waals surface area contributed by atoms with Gasteiger partial charge >= 0.3 is 51.4 Å². The molecular weight excluding hydrogens is 847 g/mol. The van der Waals surface area contributed by atoms with Gasteiger partial charge in [0.2, 0.25) is 20.0 Å². The third-order valence-electron chi connectivity index (χ3n) is 8.39. The third-order valence-corrected chi connectivity index (χ3v) is 11.7. The topological polar surface area (TPSA) is 304 Å². The first kappa shape index (κ1) is 51.9. The van der Waals surface area contributed by atoms with E-state index in [0.717, 1.165) is 59.1 Å². The number of aromatic nitrogens is 6. The Bertz CT molecular complexity index is 2420. The van der Waals surface area contributed by atoms with E-state index in [1.165, 1.54) is 6.07 Å². The second-order valence-corrected chi connectivity index (χ2v) is 16.5. The number of unbranched alkanes of at least 4 members (excludes halogenated alkanes) is 1. The number of anilines is 1. The van der Waals surface area contributed by atoms with Gasteiger partial charge in [-0.15, -0.1) is 0 Å². The fraction of sp³-hybridized carbons (Fsp3) is 0.294. The van der Waals surface area contributed by atoms with E-state index in [-0.39, 0.29) is 95.6 Å². The molecule has 1 aliphatic heterocycles. The van der Waals surface area contributed by atoms with Gasteiger partial charge in [-0.3, -0.25) is 19.7 Å². The normalized spacial score (nSPS) is 12.4. The number of nitrogens with one attached hydrogen (secondary N) is 2. The van der Waals surface area contributed by atoms with Crippen molar-refractivity contribution in [3.05, 3.63) is 98.7 Å². The summed E-state index contributed by atoms with van der Waals surface area (Å²) < 4.78 is 49.7. The van der Waals surface area contributed by atoms with Gasteiger partial charge in [-0.1, -0.05) is 85.7 Å². The summed E-state index contributed by atoms with van der Waals surface area (Å²) in [6.45, 7) is 4.51. The minimum Gasteiger partial charge on any atom is -0.412 e. The molecule has 0 bridgehead atoms. The number of benzene rings is 3. The van der Waals surface area contributed by atoms with E-state index in [4.69, 9.17) is 33.9 Å². The summed E-state index contributed by atoms with van der Waals surface area (Å²) in [6.07, 6.45) is 3.19. The maximum absolute atomic E-state index is 13.6. The molecular formula is C34H44ClKN10O8S3. The molecule has 57 heavy (non-hydrogen) atoms. The summed E-state index contributed by atoms with van der Waals surface area (Å²) in [4.78, 5) is 20.4. The van der Waals surface area contributed by atoms with E-state index in [1.54, 1.807) is 0 Å². The van der Waals surface area contributed by atoms with E-state index >= 15 is 0 Å². The maximum Gasteiger partial charge on any atom is 1.00 e. The van der Waals surface area contributed by atoms with Crippen molar-refractivity contribution >= 4 is 54.5 Å². The van der Waals surface area contributed by atoms with E-state index in [9.17, 15) is 21.6 Å². The van der Waals surface area contributed by atoms with Gasteiger partial charge in [0.15, 0.2) is 0 Å². The molecule has 0 atom stereocenters. The molecule has 0 spiro atoms. The van der Waals surface area contributed by atoms with Crippen LogP contribution in [0, 0.1) is 6.92 Å². The van der Waals surface area contributed by atoms with Crippen molar-refractivity contribution in [3.8, 4) is 22.5 Å². The predicted molar refractivity (Wildman–Crippen MR) is 217 cm³/mol. The first-order valence-corrected chi connectivity index (χ1v) is 20.2. The Morgan fingerprint density at radius 2 is 1.72 bits per heavy atom. The van der Waals surface area contributed by atoms with Crippen molar-refractivity contribution in [1.82, 2.24) is 39.8 Å². The Labute approximate surface area is 383 Å². The molecule has 0 amide bonds. The number of thiocarbonyl (C=S) groups is 1. The van der Waals surface area contributed by atoms with Crippen LogP contribution in [-0.4, -0.2) is 89.0 Å². The summed E-state index contributed by atoms with van der Waals surface area (Å²) in [6, 6.07) is 18.3. The van der Waals surface area contributed by atoms with Gasteiger partial charge in [-0.05, 0) is 47.7 Å². The minimum atomic E-state index is -4.07. The molecule has 0 fully saturated rings. The van der Waals surface area contributed by atoms with Crippen LogP contribution in [0.5, 0.6) is 0 Å². The summed E-state index contributed by atoms with van der Waals surface area (Å²) in [5.41, 5.74) is 5.57. The molecule has 3 heterocycles. The SMILES string of the molecule is CCCCc1nc(C)c(CC(=S)N(C)C)c(=O)n1Cc1ccc(-c2ccccc2-c2nnn[n-]2)cc1.NS(=O)(=O)c1cc2c(cc1Cl)NCNS2(=O)=O.O.O.O.[K+]. The smallest absolute Gasteiger partial charge is 0.412 e. The van der Waals surface area contributed by atoms with Crippen molar-refractivity contribution in [3.63, 3.8) is 0 Å². The quantitative estimate of drug-likeness (QED) is 0.101. The van der Waals surface area contributed by atoms with Crippen LogP contribution in [0.1, 0.15) is 42.4 Å². The molecule has 3 aromatic carbocycles. The van der Waals surface area contributed by atoms with Gasteiger partial charge in [-0.2, -0.15) is 9.94 Å². The molecule has 10 N–H and O–H groups in total. The average molecular weight is 892 g/mol. The van der Waals surface area contributed by atoms with Crippen LogP contribution < -0.4 is 77.2 Å². The molecule has 0 saturated heterocycles. The van der Waals surface area contributed by atoms with Crippen molar-refractivity contribution in [2.75, 3.05) is 26.1 Å². The number of hydrogen-bond acceptors (Lipinski definition) is 11. The zero-order valence-electron chi connectivity index (χ0n) is 31.9. The van der Waals surface area contributed by atoms with E-state index in [2.05, 4.69) is 61.9 Å². The number of primary sulfonamides is 1. The third kappa shape index (κ3) is 12.7. The van der Waals surface area contributed by atoms with Gasteiger partial charge in [0.05, 0.1) is 28.9 Å². The molecule has 18 nitrogen and oxygen atoms in total. The summed E-state index contributed by atoms with van der Waals surface area (Å²) in [5, 5.41) is 22.8. The Balaban J connectivity index is 0.000000658. The van der Waals surface area contributed by atoms with Crippen molar-refractivity contribution in [2.45, 2.75) is 55.9 Å². The van der Waals surface area contributed by atoms with E-state index < -0.39 is 24.9 Å². The van der Waals surface area contributed by atoms with Gasteiger partial charge in [0, 0.05) is 44.0 Å². The average Bonchev–Trinajstić information content (AvgIpc) is 3.65. The zero-order valence-corrected chi connectivity index (χ0v) is 38.2. The van der Waals surface area contributed by atoms with Crippen LogP contribution >= 0.6 is 23.8 Å². The molecule has 23 heteroatoms. The number of halogens is 1. The summed E-state index contributed by atoms with van der Waals surface area (Å²) >= 11 is 11.2. The van der Waals surface area contributed by atoms with E-state index in [1.807, 2.05) is 54.8 Å². The largest absolute Gasteiger partial charge is 1.00 e. The van der Waals surface area contributed by atoms with Gasteiger partial charge in [-0.25, -0.2) is 27.0 Å². The van der Waals surface area contributed by atoms with Crippen molar-refractivity contribution < 1.29 is 84.6 Å². The van der Waals surface area contributed by atoms with Gasteiger partial charge < -0.3 is 31.7 Å². The molecule has 6 rings (SSSR count). The monoisotopic (exact) mass is 890 g/mol. The van der Waals surface area contributed by atoms with Crippen molar-refractivity contribution in [2.24, 2.45) is 5.14 Å². The molecule has 1 aliphatic rings. The standard InChI is InChI=1S/C27H30N7OS.C7H8ClN3O4S2.K.3H2O/c1-5-6-11-24-28-18(2)23(16-25(36)33(3)4)27(35)34(24)17-19-12-14-20(15-13-19)21-9-7-8-10-22(21)26-29-31-32-30-26;8-4-1-5-7(2-6(4)16(9,12)13)17(14,15)11-3-10-5;;;;/h7-10,12-15H,5-6,11,16-17H2,1-4H3;1-2,10-11H,3H2,(H2,9,12,13);;3*1H2/q-1;;+1;;;. The fourth-order valence-corrected chi connectivity index (χ4v) is 7.96. The number of rotatable bonds is 10. The van der Waals surface area contributed by atoms with Crippen LogP contribution in [0.3, 0.4) is 0 Å². The predicted octanol–water partition coefficient (Wildman–Crippen LogP) is -1.97. The molecule has 304 valence electrons. The number of sulfonamides is 2. The maximum atomic E-state index is 13.6. The van der Waals surface area contributed by atoms with Crippen LogP contribution in [0.2, 0.25) is 5.02 Å². The molecule has 0 unspecified atom stereocenters. The number of nitrogens with zero attached hydrogens (tertiary/aromatic N) is 7. The van der Waals surface area contributed by atoms with Crippen LogP contribution in [-0.2, 0) is 39.4 Å². The summed E-state index contributed by atoms with van der Waals surface area (Å²) in [7, 11) is -4.00. The second-order valence-electron chi connectivity index (χ2n) is 12.3. The first-order valence-electron chi connectivity index (χ1n) is 16.4. The number of likely N-dealkylation sites (N-methyl/N-ethyl adjacent to an activating group) is 1. The summed E-state index contributed by atoms with van der Waals surface area (Å²) in [5.74, 6) is 1.32. The van der Waals surface area contributed by atoms with Gasteiger partial charge in [0.25, 0.3) is 5.56 Å². The Morgan fingerprint density at radius 1 is 1.07 bits per heavy atom. The van der Waals surface area contributed by atoms with Crippen LogP contribution in [0.4, 0.5) is 5.69 Å². The second kappa shape index (κ2) is 22.3. The minimum absolute atomic E-state index is 0. The molecule has 0 radical (unpaired) electrons. The fourth-order valence-electron chi connectivity index (χ4n) is 5.53. The van der Waals surface area contributed by atoms with Crippen LogP contribution in [0.15, 0.2) is 75.2 Å².